The van der Waals surface area contributed by atoms with Crippen LogP contribution in [0.5, 0.6) is 0 Å². The number of carbonyl (C=O) groups excluding carboxylic acids is 2. The van der Waals surface area contributed by atoms with E-state index in [0.717, 1.165) is 19.3 Å². The molecule has 4 heteroatoms. The van der Waals surface area contributed by atoms with Crippen LogP contribution in [0.3, 0.4) is 0 Å². The van der Waals surface area contributed by atoms with Gasteiger partial charge in [-0.1, -0.05) is 58.1 Å². The van der Waals surface area contributed by atoms with Gasteiger partial charge in [-0.3, -0.25) is 4.79 Å². The maximum Gasteiger partial charge on any atom is 0.371 e. The van der Waals surface area contributed by atoms with Crippen molar-refractivity contribution in [1.29, 1.82) is 0 Å². The highest BCUT2D eigenvalue weighted by Gasteiger charge is 2.05. The zero-order valence-corrected chi connectivity index (χ0v) is 10.2. The van der Waals surface area contributed by atoms with E-state index in [4.69, 9.17) is 0 Å². The average Bonchev–Trinajstić information content (AvgIpc) is 2.15. The zero-order chi connectivity index (χ0) is 11.5. The molecule has 0 atom stereocenters. The second-order valence-corrected chi connectivity index (χ2v) is 3.98. The van der Waals surface area contributed by atoms with Crippen molar-refractivity contribution in [3.05, 3.63) is 0 Å². The summed E-state index contributed by atoms with van der Waals surface area (Å²) in [6.45, 7) is 2.18. The Balaban J connectivity index is 3.16. The van der Waals surface area contributed by atoms with E-state index < -0.39 is 11.3 Å². The second kappa shape index (κ2) is 10.0. The minimum Gasteiger partial charge on any atom is -0.385 e. The molecule has 0 saturated heterocycles. The van der Waals surface area contributed by atoms with E-state index in [1.807, 2.05) is 0 Å². The van der Waals surface area contributed by atoms with Gasteiger partial charge in [-0.2, -0.15) is 0 Å². The Hall–Kier alpha value is -0.510. The van der Waals surface area contributed by atoms with Gasteiger partial charge in [-0.05, 0) is 6.42 Å². The topological polar surface area (TPSA) is 43.4 Å². The normalized spacial score (nSPS) is 10.0. The lowest BCUT2D eigenvalue weighted by Crippen LogP contribution is -2.05. The van der Waals surface area contributed by atoms with E-state index in [-0.39, 0.29) is 0 Å². The van der Waals surface area contributed by atoms with E-state index in [1.165, 1.54) is 25.7 Å². The fraction of sp³-hybridized carbons (Fsp3) is 0.818. The Bertz CT molecular complexity index is 192. The molecule has 3 nitrogen and oxygen atoms in total. The molecule has 0 aromatic heterocycles. The molecule has 0 aromatic carbocycles. The first-order chi connectivity index (χ1) is 7.16. The van der Waals surface area contributed by atoms with Gasteiger partial charge < -0.3 is 4.74 Å². The summed E-state index contributed by atoms with van der Waals surface area (Å²) < 4.78 is 4.28. The van der Waals surface area contributed by atoms with Crippen LogP contribution in [0, 0.1) is 0 Å². The van der Waals surface area contributed by atoms with Gasteiger partial charge >= 0.3 is 11.3 Å². The van der Waals surface area contributed by atoms with Gasteiger partial charge in [-0.15, -0.1) is 0 Å². The number of hydrogen-bond acceptors (Lipinski definition) is 3. The molecule has 0 saturated carbocycles. The molecule has 88 valence electrons. The summed E-state index contributed by atoms with van der Waals surface area (Å²) in [5, 5.41) is -0.817. The molecule has 0 unspecified atom stereocenters. The van der Waals surface area contributed by atoms with Gasteiger partial charge in [0, 0.05) is 6.42 Å². The number of hydrogen-bond donors (Lipinski definition) is 1. The molecule has 0 aliphatic heterocycles. The molecule has 0 heterocycles. The predicted octanol–water partition coefficient (Wildman–Crippen LogP) is 3.72. The molecule has 0 radical (unpaired) electrons. The molecule has 0 N–H and O–H groups in total. The first-order valence-corrected chi connectivity index (χ1v) is 6.05. The molecule has 0 spiro atoms. The molecule has 0 amide bonds. The summed E-state index contributed by atoms with van der Waals surface area (Å²) in [6, 6.07) is 0. The Morgan fingerprint density at radius 1 is 1.00 bits per heavy atom. The summed E-state index contributed by atoms with van der Waals surface area (Å²) >= 11 is 3.36. The van der Waals surface area contributed by atoms with E-state index >= 15 is 0 Å². The van der Waals surface area contributed by atoms with Crippen LogP contribution >= 0.6 is 12.6 Å². The molecular weight excluding hydrogens is 212 g/mol. The van der Waals surface area contributed by atoms with E-state index in [2.05, 4.69) is 24.3 Å². The van der Waals surface area contributed by atoms with E-state index in [1.54, 1.807) is 0 Å². The number of rotatable bonds is 8. The van der Waals surface area contributed by atoms with Crippen LogP contribution < -0.4 is 0 Å². The van der Waals surface area contributed by atoms with Crippen molar-refractivity contribution in [3.8, 4) is 0 Å². The molecular formula is C11H20O3S. The monoisotopic (exact) mass is 232 g/mol. The molecule has 0 aliphatic carbocycles. The Kier molecular flexibility index (Phi) is 9.68. The van der Waals surface area contributed by atoms with Crippen LogP contribution in [0.2, 0.25) is 0 Å². The maximum absolute atomic E-state index is 10.9. The Morgan fingerprint density at radius 3 is 2.07 bits per heavy atom. The Labute approximate surface area is 97.0 Å². The minimum absolute atomic E-state index is 0.320. The first-order valence-electron chi connectivity index (χ1n) is 5.60. The number of esters is 1. The lowest BCUT2D eigenvalue weighted by molar-refractivity contribution is -0.136. The summed E-state index contributed by atoms with van der Waals surface area (Å²) in [6.07, 6.45) is 8.34. The fourth-order valence-electron chi connectivity index (χ4n) is 1.37. The number of ether oxygens (including phenoxy) is 1. The molecule has 15 heavy (non-hydrogen) atoms. The Morgan fingerprint density at radius 2 is 1.53 bits per heavy atom. The summed E-state index contributed by atoms with van der Waals surface area (Å²) in [5.74, 6) is -0.469. The van der Waals surface area contributed by atoms with Crippen LogP contribution in [-0.4, -0.2) is 11.3 Å². The zero-order valence-electron chi connectivity index (χ0n) is 9.33. The van der Waals surface area contributed by atoms with Crippen molar-refractivity contribution in [3.63, 3.8) is 0 Å². The van der Waals surface area contributed by atoms with Crippen LogP contribution in [0.1, 0.15) is 58.3 Å². The molecule has 0 fully saturated rings. The van der Waals surface area contributed by atoms with Gasteiger partial charge in [0.1, 0.15) is 0 Å². The van der Waals surface area contributed by atoms with E-state index in [9.17, 15) is 9.59 Å². The van der Waals surface area contributed by atoms with Gasteiger partial charge in [0.25, 0.3) is 0 Å². The van der Waals surface area contributed by atoms with Crippen LogP contribution in [-0.2, 0) is 9.53 Å². The third-order valence-electron chi connectivity index (χ3n) is 2.19. The van der Waals surface area contributed by atoms with Crippen molar-refractivity contribution in [1.82, 2.24) is 0 Å². The van der Waals surface area contributed by atoms with Crippen molar-refractivity contribution < 1.29 is 14.3 Å². The SMILES string of the molecule is CCCCCCCCCC(=O)OC(=O)S. The average molecular weight is 232 g/mol. The van der Waals surface area contributed by atoms with Crippen LogP contribution in [0.15, 0.2) is 0 Å². The van der Waals surface area contributed by atoms with Crippen LogP contribution in [0.4, 0.5) is 4.79 Å². The quantitative estimate of drug-likeness (QED) is 0.300. The molecule has 0 aliphatic rings. The third kappa shape index (κ3) is 11.4. The third-order valence-corrected chi connectivity index (χ3v) is 2.28. The highest BCUT2D eigenvalue weighted by Crippen LogP contribution is 2.08. The minimum atomic E-state index is -0.817. The lowest BCUT2D eigenvalue weighted by Gasteiger charge is -2.00. The highest BCUT2D eigenvalue weighted by molar-refractivity contribution is 7.96. The molecule has 0 aromatic rings. The smallest absolute Gasteiger partial charge is 0.371 e. The van der Waals surface area contributed by atoms with Gasteiger partial charge in [0.2, 0.25) is 0 Å². The number of carbonyl (C=O) groups is 2. The lowest BCUT2D eigenvalue weighted by atomic mass is 10.1. The maximum atomic E-state index is 10.9. The van der Waals surface area contributed by atoms with Gasteiger partial charge in [0.05, 0.1) is 0 Å². The van der Waals surface area contributed by atoms with Crippen LogP contribution in [0.25, 0.3) is 0 Å². The molecule has 0 bridgehead atoms. The first kappa shape index (κ1) is 14.5. The van der Waals surface area contributed by atoms with Crippen molar-refractivity contribution in [2.24, 2.45) is 0 Å². The van der Waals surface area contributed by atoms with Crippen molar-refractivity contribution in [2.45, 2.75) is 58.3 Å². The van der Waals surface area contributed by atoms with Crippen molar-refractivity contribution in [2.75, 3.05) is 0 Å². The van der Waals surface area contributed by atoms with Gasteiger partial charge in [0.15, 0.2) is 0 Å². The predicted molar refractivity (Wildman–Crippen MR) is 63.1 cm³/mol. The highest BCUT2D eigenvalue weighted by atomic mass is 32.1. The summed E-state index contributed by atoms with van der Waals surface area (Å²) in [5.41, 5.74) is 0. The van der Waals surface area contributed by atoms with E-state index in [0.29, 0.717) is 6.42 Å². The largest absolute Gasteiger partial charge is 0.385 e. The molecule has 0 rings (SSSR count). The second-order valence-electron chi connectivity index (χ2n) is 3.61. The summed E-state index contributed by atoms with van der Waals surface area (Å²) in [7, 11) is 0. The van der Waals surface area contributed by atoms with Crippen molar-refractivity contribution >= 4 is 23.9 Å². The number of thiol groups is 1. The number of unbranched alkanes of at least 4 members (excludes halogenated alkanes) is 6. The van der Waals surface area contributed by atoms with Gasteiger partial charge in [-0.25, -0.2) is 4.79 Å². The fourth-order valence-corrected chi connectivity index (χ4v) is 1.48. The standard InChI is InChI=1S/C11H20O3S/c1-2-3-4-5-6-7-8-9-10(12)14-11(13)15/h2-9H2,1H3,(H,13,15). The summed E-state index contributed by atoms with van der Waals surface area (Å²) in [4.78, 5) is 21.2.